The van der Waals surface area contributed by atoms with Crippen molar-refractivity contribution in [1.82, 2.24) is 59.1 Å². The minimum absolute atomic E-state index is 0.313. The van der Waals surface area contributed by atoms with Crippen molar-refractivity contribution in [2.75, 3.05) is 0 Å². The Kier molecular flexibility index (Phi) is 5.57. The van der Waals surface area contributed by atoms with Crippen molar-refractivity contribution in [3.05, 3.63) is 118 Å². The van der Waals surface area contributed by atoms with E-state index in [1.54, 1.807) is 22.0 Å². The zero-order valence-electron chi connectivity index (χ0n) is 19.3. The molecule has 0 spiro atoms. The van der Waals surface area contributed by atoms with E-state index < -0.39 is 0 Å². The van der Waals surface area contributed by atoms with Gasteiger partial charge in [-0.3, -0.25) is 0 Å². The van der Waals surface area contributed by atoms with Crippen molar-refractivity contribution >= 4 is 0 Å². The molecule has 0 unspecified atom stereocenters. The van der Waals surface area contributed by atoms with Gasteiger partial charge in [-0.25, -0.2) is 48.3 Å². The monoisotopic (exact) mass is 496 g/mol. The standard InChI is InChI=1S/C23H20N12O2/c36-22-30-28-20(10-32-14-24-12-26-32)34(22)18-5-1-16(2-6-18)9-17-3-7-19(8-4-17)35-21(29-31-23(35)37)11-33-15-25-13-27-33/h1-8,12-15H,9-11H2,(H,30,36)(H,31,37). The van der Waals surface area contributed by atoms with Gasteiger partial charge in [0.2, 0.25) is 0 Å². The van der Waals surface area contributed by atoms with E-state index in [0.29, 0.717) is 42.5 Å². The van der Waals surface area contributed by atoms with Gasteiger partial charge in [0.25, 0.3) is 0 Å². The Morgan fingerprint density at radius 2 is 1.05 bits per heavy atom. The van der Waals surface area contributed by atoms with Crippen molar-refractivity contribution in [3.8, 4) is 11.4 Å². The molecule has 37 heavy (non-hydrogen) atoms. The lowest BCUT2D eigenvalue weighted by Crippen LogP contribution is -2.18. The molecule has 0 radical (unpaired) electrons. The number of hydrogen-bond acceptors (Lipinski definition) is 8. The normalized spacial score (nSPS) is 11.2. The van der Waals surface area contributed by atoms with Crippen LogP contribution in [0.1, 0.15) is 22.8 Å². The molecule has 4 aromatic heterocycles. The zero-order valence-corrected chi connectivity index (χ0v) is 19.3. The van der Waals surface area contributed by atoms with Crippen LogP contribution in [0.4, 0.5) is 0 Å². The van der Waals surface area contributed by atoms with Gasteiger partial charge in [0.15, 0.2) is 11.6 Å². The van der Waals surface area contributed by atoms with Gasteiger partial charge in [0, 0.05) is 0 Å². The highest BCUT2D eigenvalue weighted by molar-refractivity contribution is 5.40. The molecule has 0 aliphatic carbocycles. The summed E-state index contributed by atoms with van der Waals surface area (Å²) in [6.07, 6.45) is 6.68. The van der Waals surface area contributed by atoms with Crippen LogP contribution in [0.2, 0.25) is 0 Å². The Hall–Kier alpha value is -5.40. The first-order chi connectivity index (χ1) is 18.1. The highest BCUT2D eigenvalue weighted by atomic mass is 16.2. The van der Waals surface area contributed by atoms with Crippen molar-refractivity contribution in [2.45, 2.75) is 19.5 Å². The highest BCUT2D eigenvalue weighted by Gasteiger charge is 2.13. The van der Waals surface area contributed by atoms with Crippen LogP contribution in [0, 0.1) is 0 Å². The molecule has 0 amide bonds. The number of nitrogens with one attached hydrogen (secondary N) is 2. The predicted octanol–water partition coefficient (Wildman–Crippen LogP) is 0.305. The first-order valence-corrected chi connectivity index (χ1v) is 11.3. The lowest BCUT2D eigenvalue weighted by Gasteiger charge is -2.09. The maximum Gasteiger partial charge on any atom is 0.347 e. The van der Waals surface area contributed by atoms with Crippen molar-refractivity contribution in [2.24, 2.45) is 0 Å². The Morgan fingerprint density at radius 1 is 0.622 bits per heavy atom. The number of benzene rings is 2. The van der Waals surface area contributed by atoms with Crippen LogP contribution in [0.25, 0.3) is 11.4 Å². The fourth-order valence-electron chi connectivity index (χ4n) is 4.08. The quantitative estimate of drug-likeness (QED) is 0.304. The van der Waals surface area contributed by atoms with Gasteiger partial charge in [-0.05, 0) is 41.8 Å². The van der Waals surface area contributed by atoms with E-state index in [1.165, 1.54) is 21.8 Å². The third-order valence-electron chi connectivity index (χ3n) is 5.82. The van der Waals surface area contributed by atoms with E-state index in [4.69, 9.17) is 0 Å². The third-order valence-corrected chi connectivity index (χ3v) is 5.82. The van der Waals surface area contributed by atoms with E-state index >= 15 is 0 Å². The summed E-state index contributed by atoms with van der Waals surface area (Å²) in [6, 6.07) is 15.4. The predicted molar refractivity (Wildman–Crippen MR) is 129 cm³/mol. The largest absolute Gasteiger partial charge is 0.347 e. The Morgan fingerprint density at radius 3 is 1.43 bits per heavy atom. The summed E-state index contributed by atoms with van der Waals surface area (Å²) in [4.78, 5) is 32.6. The van der Waals surface area contributed by atoms with Gasteiger partial charge in [-0.1, -0.05) is 24.3 Å². The molecule has 0 aliphatic heterocycles. The summed E-state index contributed by atoms with van der Waals surface area (Å²) in [6.45, 7) is 0.625. The molecule has 6 aromatic rings. The maximum absolute atomic E-state index is 12.4. The molecule has 184 valence electrons. The summed E-state index contributed by atoms with van der Waals surface area (Å²) < 4.78 is 6.22. The fraction of sp³-hybridized carbons (Fsp3) is 0.130. The summed E-state index contributed by atoms with van der Waals surface area (Å²) in [5.74, 6) is 1.05. The van der Waals surface area contributed by atoms with Gasteiger partial charge in [-0.2, -0.15) is 20.4 Å². The van der Waals surface area contributed by atoms with Crippen LogP contribution in [-0.4, -0.2) is 59.1 Å². The summed E-state index contributed by atoms with van der Waals surface area (Å²) in [7, 11) is 0. The van der Waals surface area contributed by atoms with Gasteiger partial charge in [0.1, 0.15) is 38.4 Å². The number of rotatable bonds is 8. The van der Waals surface area contributed by atoms with Crippen molar-refractivity contribution in [3.63, 3.8) is 0 Å². The molecule has 0 saturated heterocycles. The number of aromatic nitrogens is 12. The van der Waals surface area contributed by atoms with Crippen LogP contribution in [0.15, 0.2) is 83.4 Å². The first kappa shape index (κ1) is 22.1. The van der Waals surface area contributed by atoms with Gasteiger partial charge >= 0.3 is 11.4 Å². The van der Waals surface area contributed by atoms with E-state index in [-0.39, 0.29) is 11.4 Å². The zero-order chi connectivity index (χ0) is 25.2. The highest BCUT2D eigenvalue weighted by Crippen LogP contribution is 2.16. The molecule has 0 atom stereocenters. The molecule has 2 aromatic carbocycles. The van der Waals surface area contributed by atoms with Crippen LogP contribution in [0.5, 0.6) is 0 Å². The minimum Gasteiger partial charge on any atom is -0.246 e. The Bertz CT molecular complexity index is 1590. The Balaban J connectivity index is 1.19. The van der Waals surface area contributed by atoms with Crippen LogP contribution in [-0.2, 0) is 19.5 Å². The van der Waals surface area contributed by atoms with Crippen LogP contribution >= 0.6 is 0 Å². The second-order valence-corrected chi connectivity index (χ2v) is 8.26. The molecular weight excluding hydrogens is 476 g/mol. The smallest absolute Gasteiger partial charge is 0.246 e. The molecule has 14 nitrogen and oxygen atoms in total. The van der Waals surface area contributed by atoms with E-state index in [0.717, 1.165) is 11.1 Å². The van der Waals surface area contributed by atoms with E-state index in [1.807, 2.05) is 48.5 Å². The third kappa shape index (κ3) is 4.50. The molecule has 6 rings (SSSR count). The molecular formula is C23H20N12O2. The van der Waals surface area contributed by atoms with Gasteiger partial charge in [0.05, 0.1) is 11.4 Å². The lowest BCUT2D eigenvalue weighted by atomic mass is 10.0. The molecule has 4 heterocycles. The van der Waals surface area contributed by atoms with Gasteiger partial charge < -0.3 is 0 Å². The average Bonchev–Trinajstić information content (AvgIpc) is 3.72. The number of hydrogen-bond donors (Lipinski definition) is 2. The number of aromatic amines is 2. The molecule has 0 fully saturated rings. The first-order valence-electron chi connectivity index (χ1n) is 11.3. The molecule has 14 heteroatoms. The summed E-state index contributed by atoms with van der Waals surface area (Å²) >= 11 is 0. The maximum atomic E-state index is 12.4. The second kappa shape index (κ2) is 9.33. The van der Waals surface area contributed by atoms with Crippen molar-refractivity contribution < 1.29 is 0 Å². The minimum atomic E-state index is -0.323. The van der Waals surface area contributed by atoms with E-state index in [9.17, 15) is 9.59 Å². The molecule has 2 N–H and O–H groups in total. The van der Waals surface area contributed by atoms with Crippen LogP contribution < -0.4 is 11.4 Å². The Labute approximate surface area is 207 Å². The van der Waals surface area contributed by atoms with Crippen LogP contribution in [0.3, 0.4) is 0 Å². The van der Waals surface area contributed by atoms with Crippen molar-refractivity contribution in [1.29, 1.82) is 0 Å². The summed E-state index contributed by atoms with van der Waals surface area (Å²) in [5, 5.41) is 21.4. The fourth-order valence-corrected chi connectivity index (χ4v) is 4.08. The molecule has 0 aliphatic rings. The number of nitrogens with zero attached hydrogens (tertiary/aromatic N) is 10. The van der Waals surface area contributed by atoms with Gasteiger partial charge in [-0.15, -0.1) is 0 Å². The molecule has 0 saturated carbocycles. The lowest BCUT2D eigenvalue weighted by molar-refractivity contribution is 0.641. The summed E-state index contributed by atoms with van der Waals surface area (Å²) in [5.41, 5.74) is 2.89. The average molecular weight is 496 g/mol. The topological polar surface area (TPSA) is 163 Å². The molecule has 0 bridgehead atoms. The van der Waals surface area contributed by atoms with E-state index in [2.05, 4.69) is 40.6 Å². The second-order valence-electron chi connectivity index (χ2n) is 8.26. The SMILES string of the molecule is O=c1[nH]nc(Cn2cncn2)n1-c1ccc(Cc2ccc(-n3c(Cn4cncn4)n[nH]c3=O)cc2)cc1. The number of H-pyrrole nitrogens is 2.